The number of nitrogens with one attached hydrogen (secondary N) is 1. The monoisotopic (exact) mass is 419 g/mol. The number of rotatable bonds is 10. The second-order valence-electron chi connectivity index (χ2n) is 7.48. The Balaban J connectivity index is 1.52. The molecule has 1 unspecified atom stereocenters. The van der Waals surface area contributed by atoms with Gasteiger partial charge in [0.15, 0.2) is 6.10 Å². The largest absolute Gasteiger partial charge is 0.490 e. The number of anilines is 1. The Morgan fingerprint density at radius 2 is 1.42 bits per heavy atom. The van der Waals surface area contributed by atoms with Gasteiger partial charge in [-0.1, -0.05) is 56.3 Å². The average molecular weight is 420 g/mol. The van der Waals surface area contributed by atoms with Gasteiger partial charge >= 0.3 is 0 Å². The number of carbonyl (C=O) groups is 1. The molecular formula is C26H29NO4. The summed E-state index contributed by atoms with van der Waals surface area (Å²) in [6.45, 7) is 6.76. The van der Waals surface area contributed by atoms with Gasteiger partial charge in [-0.25, -0.2) is 0 Å². The molecule has 5 nitrogen and oxygen atoms in total. The van der Waals surface area contributed by atoms with E-state index in [2.05, 4.69) is 19.2 Å². The second-order valence-corrected chi connectivity index (χ2v) is 7.48. The molecular weight excluding hydrogens is 390 g/mol. The zero-order valence-electron chi connectivity index (χ0n) is 18.2. The summed E-state index contributed by atoms with van der Waals surface area (Å²) in [5.74, 6) is 2.24. The first-order valence-electron chi connectivity index (χ1n) is 10.5. The fourth-order valence-electron chi connectivity index (χ4n) is 2.95. The lowest BCUT2D eigenvalue weighted by atomic mass is 10.0. The predicted octanol–water partition coefficient (Wildman–Crippen LogP) is 5.67. The summed E-state index contributed by atoms with van der Waals surface area (Å²) < 4.78 is 17.3. The van der Waals surface area contributed by atoms with Gasteiger partial charge in [0.1, 0.15) is 30.5 Å². The number of amides is 1. The Hall–Kier alpha value is -3.47. The molecule has 1 atom stereocenters. The number of ether oxygens (including phenoxy) is 3. The van der Waals surface area contributed by atoms with Crippen molar-refractivity contribution in [2.75, 3.05) is 18.5 Å². The van der Waals surface area contributed by atoms with Gasteiger partial charge < -0.3 is 19.5 Å². The fourth-order valence-corrected chi connectivity index (χ4v) is 2.95. The van der Waals surface area contributed by atoms with E-state index in [1.165, 1.54) is 5.56 Å². The molecule has 0 heterocycles. The third kappa shape index (κ3) is 6.78. The van der Waals surface area contributed by atoms with Crippen LogP contribution in [0.2, 0.25) is 0 Å². The van der Waals surface area contributed by atoms with Crippen LogP contribution in [-0.4, -0.2) is 25.2 Å². The van der Waals surface area contributed by atoms with Gasteiger partial charge in [0.05, 0.1) is 5.69 Å². The van der Waals surface area contributed by atoms with Gasteiger partial charge in [0, 0.05) is 0 Å². The molecule has 0 aromatic heterocycles. The van der Waals surface area contributed by atoms with Crippen molar-refractivity contribution in [2.24, 2.45) is 0 Å². The fraction of sp³-hybridized carbons (Fsp3) is 0.269. The number of carbonyl (C=O) groups excluding carboxylic acids is 1. The minimum absolute atomic E-state index is 0.246. The molecule has 0 saturated heterocycles. The Kier molecular flexibility index (Phi) is 7.93. The van der Waals surface area contributed by atoms with E-state index in [1.807, 2.05) is 72.8 Å². The van der Waals surface area contributed by atoms with Gasteiger partial charge in [-0.15, -0.1) is 0 Å². The van der Waals surface area contributed by atoms with Crippen LogP contribution >= 0.6 is 0 Å². The average Bonchev–Trinajstić information content (AvgIpc) is 2.78. The Labute approximate surface area is 184 Å². The maximum Gasteiger partial charge on any atom is 0.265 e. The molecule has 0 aliphatic rings. The van der Waals surface area contributed by atoms with Gasteiger partial charge in [-0.05, 0) is 54.8 Å². The first-order chi connectivity index (χ1) is 15.0. The van der Waals surface area contributed by atoms with Crippen molar-refractivity contribution in [3.05, 3.63) is 84.4 Å². The number of hydrogen-bond acceptors (Lipinski definition) is 4. The van der Waals surface area contributed by atoms with Crippen LogP contribution in [0.1, 0.15) is 32.3 Å². The highest BCUT2D eigenvalue weighted by Crippen LogP contribution is 2.25. The lowest BCUT2D eigenvalue weighted by Crippen LogP contribution is -2.30. The van der Waals surface area contributed by atoms with Crippen molar-refractivity contribution in [3.8, 4) is 17.2 Å². The van der Waals surface area contributed by atoms with Crippen molar-refractivity contribution < 1.29 is 19.0 Å². The summed E-state index contributed by atoms with van der Waals surface area (Å²) in [5.41, 5.74) is 1.82. The van der Waals surface area contributed by atoms with Gasteiger partial charge in [0.2, 0.25) is 0 Å². The van der Waals surface area contributed by atoms with Gasteiger partial charge in [-0.3, -0.25) is 4.79 Å². The van der Waals surface area contributed by atoms with E-state index in [9.17, 15) is 4.79 Å². The molecule has 1 amide bonds. The molecule has 31 heavy (non-hydrogen) atoms. The molecule has 3 rings (SSSR count). The van der Waals surface area contributed by atoms with E-state index in [1.54, 1.807) is 13.0 Å². The highest BCUT2D eigenvalue weighted by atomic mass is 16.5. The molecule has 0 spiro atoms. The summed E-state index contributed by atoms with van der Waals surface area (Å²) in [6, 6.07) is 24.7. The van der Waals surface area contributed by atoms with Crippen molar-refractivity contribution >= 4 is 11.6 Å². The summed E-state index contributed by atoms with van der Waals surface area (Å²) in [7, 11) is 0. The third-order valence-corrected chi connectivity index (χ3v) is 4.73. The van der Waals surface area contributed by atoms with E-state index in [4.69, 9.17) is 14.2 Å². The summed E-state index contributed by atoms with van der Waals surface area (Å²) >= 11 is 0. The minimum Gasteiger partial charge on any atom is -0.490 e. The lowest BCUT2D eigenvalue weighted by Gasteiger charge is -2.17. The van der Waals surface area contributed by atoms with Crippen LogP contribution in [-0.2, 0) is 4.79 Å². The maximum absolute atomic E-state index is 12.6. The first-order valence-corrected chi connectivity index (χ1v) is 10.5. The van der Waals surface area contributed by atoms with Crippen LogP contribution in [0.25, 0.3) is 0 Å². The number of para-hydroxylation sites is 3. The van der Waals surface area contributed by atoms with Crippen molar-refractivity contribution in [3.63, 3.8) is 0 Å². The maximum atomic E-state index is 12.6. The Morgan fingerprint density at radius 1 is 0.774 bits per heavy atom. The van der Waals surface area contributed by atoms with Crippen LogP contribution in [0.15, 0.2) is 78.9 Å². The van der Waals surface area contributed by atoms with Gasteiger partial charge in [0.25, 0.3) is 5.91 Å². The Bertz CT molecular complexity index is 955. The lowest BCUT2D eigenvalue weighted by molar-refractivity contribution is -0.122. The van der Waals surface area contributed by atoms with Crippen molar-refractivity contribution in [1.29, 1.82) is 0 Å². The first kappa shape index (κ1) is 22.2. The standard InChI is InChI=1S/C26H29NO4/c1-19(2)21-13-15-23(16-14-21)31-20(3)26(28)27-24-11-7-8-12-25(24)30-18-17-29-22-9-5-4-6-10-22/h4-16,19-20H,17-18H2,1-3H3,(H,27,28). The highest BCUT2D eigenvalue weighted by Gasteiger charge is 2.17. The van der Waals surface area contributed by atoms with Crippen LogP contribution in [0.3, 0.4) is 0 Å². The Morgan fingerprint density at radius 3 is 2.13 bits per heavy atom. The molecule has 0 radical (unpaired) electrons. The van der Waals surface area contributed by atoms with Crippen LogP contribution < -0.4 is 19.5 Å². The SMILES string of the molecule is CC(Oc1ccc(C(C)C)cc1)C(=O)Nc1ccccc1OCCOc1ccccc1. The molecule has 5 heteroatoms. The van der Waals surface area contributed by atoms with Crippen LogP contribution in [0, 0.1) is 0 Å². The molecule has 0 aliphatic heterocycles. The number of hydrogen-bond donors (Lipinski definition) is 1. The van der Waals surface area contributed by atoms with E-state index in [-0.39, 0.29) is 5.91 Å². The quantitative estimate of drug-likeness (QED) is 0.430. The van der Waals surface area contributed by atoms with E-state index in [0.29, 0.717) is 36.3 Å². The molecule has 162 valence electrons. The summed E-state index contributed by atoms with van der Waals surface area (Å²) in [4.78, 5) is 12.6. The summed E-state index contributed by atoms with van der Waals surface area (Å²) in [5, 5.41) is 2.89. The van der Waals surface area contributed by atoms with E-state index in [0.717, 1.165) is 5.75 Å². The molecule has 0 fully saturated rings. The zero-order valence-corrected chi connectivity index (χ0v) is 18.2. The van der Waals surface area contributed by atoms with Crippen LogP contribution in [0.4, 0.5) is 5.69 Å². The smallest absolute Gasteiger partial charge is 0.265 e. The molecule has 0 saturated carbocycles. The van der Waals surface area contributed by atoms with Crippen molar-refractivity contribution in [1.82, 2.24) is 0 Å². The number of benzene rings is 3. The topological polar surface area (TPSA) is 56.8 Å². The molecule has 3 aromatic carbocycles. The normalized spacial score (nSPS) is 11.6. The van der Waals surface area contributed by atoms with Crippen LogP contribution in [0.5, 0.6) is 17.2 Å². The van der Waals surface area contributed by atoms with E-state index < -0.39 is 6.10 Å². The summed E-state index contributed by atoms with van der Waals surface area (Å²) in [6.07, 6.45) is -0.653. The highest BCUT2D eigenvalue weighted by molar-refractivity contribution is 5.95. The predicted molar refractivity (Wildman–Crippen MR) is 123 cm³/mol. The molecule has 0 aliphatic carbocycles. The zero-order chi connectivity index (χ0) is 22.1. The minimum atomic E-state index is -0.653. The van der Waals surface area contributed by atoms with Crippen molar-refractivity contribution in [2.45, 2.75) is 32.8 Å². The third-order valence-electron chi connectivity index (χ3n) is 4.73. The second kappa shape index (κ2) is 11.1. The van der Waals surface area contributed by atoms with Gasteiger partial charge in [-0.2, -0.15) is 0 Å². The van der Waals surface area contributed by atoms with E-state index >= 15 is 0 Å². The molecule has 0 bridgehead atoms. The molecule has 1 N–H and O–H groups in total. The molecule has 3 aromatic rings.